The second-order valence-electron chi connectivity index (χ2n) is 6.59. The van der Waals surface area contributed by atoms with Crippen LogP contribution >= 0.6 is 0 Å². The van der Waals surface area contributed by atoms with Crippen LogP contribution in [0.5, 0.6) is 5.75 Å². The average molecular weight is 318 g/mol. The number of amides is 2. The summed E-state index contributed by atoms with van der Waals surface area (Å²) >= 11 is 0. The summed E-state index contributed by atoms with van der Waals surface area (Å²) in [5.41, 5.74) is 1.20. The van der Waals surface area contributed by atoms with Gasteiger partial charge in [0.05, 0.1) is 6.54 Å². The van der Waals surface area contributed by atoms with Crippen LogP contribution in [0.25, 0.3) is 0 Å². The first-order valence-corrected chi connectivity index (χ1v) is 8.66. The molecule has 1 aliphatic heterocycles. The number of para-hydroxylation sites is 1. The number of carbonyl (C=O) groups is 1. The lowest BCUT2D eigenvalue weighted by molar-refractivity contribution is 0.176. The maximum Gasteiger partial charge on any atom is 0.315 e. The number of nitrogens with one attached hydrogen (secondary N) is 2. The molecule has 1 aromatic rings. The highest BCUT2D eigenvalue weighted by Gasteiger charge is 2.26. The van der Waals surface area contributed by atoms with Gasteiger partial charge in [-0.25, -0.2) is 4.79 Å². The van der Waals surface area contributed by atoms with Crippen molar-refractivity contribution in [3.63, 3.8) is 0 Å². The molecule has 1 fully saturated rings. The number of urea groups is 1. The Hall–Kier alpha value is -1.75. The number of hydrogen-bond donors (Lipinski definition) is 3. The summed E-state index contributed by atoms with van der Waals surface area (Å²) in [6.07, 6.45) is 6.21. The molecule has 126 valence electrons. The molecule has 0 saturated heterocycles. The summed E-state index contributed by atoms with van der Waals surface area (Å²) < 4.78 is 5.83. The molecule has 2 aliphatic rings. The van der Waals surface area contributed by atoms with Crippen molar-refractivity contribution >= 4 is 6.03 Å². The van der Waals surface area contributed by atoms with E-state index in [9.17, 15) is 9.90 Å². The average Bonchev–Trinajstić information content (AvgIpc) is 2.85. The Balaban J connectivity index is 1.45. The van der Waals surface area contributed by atoms with Gasteiger partial charge in [0, 0.05) is 25.0 Å². The van der Waals surface area contributed by atoms with E-state index < -0.39 is 0 Å². The fraction of sp³-hybridized carbons (Fsp3) is 0.611. The molecule has 5 nitrogen and oxygen atoms in total. The summed E-state index contributed by atoms with van der Waals surface area (Å²) in [4.78, 5) is 12.2. The molecule has 23 heavy (non-hydrogen) atoms. The summed E-state index contributed by atoms with van der Waals surface area (Å²) in [6, 6.07) is 7.91. The third-order valence-corrected chi connectivity index (χ3v) is 4.91. The topological polar surface area (TPSA) is 70.6 Å². The molecule has 3 unspecified atom stereocenters. The van der Waals surface area contributed by atoms with Crippen molar-refractivity contribution in [1.82, 2.24) is 10.6 Å². The SMILES string of the molecule is O=C(NCC1Cc2ccccc2O1)NC1CCCCCC1CO. The van der Waals surface area contributed by atoms with E-state index in [1.807, 2.05) is 18.2 Å². The number of aliphatic hydroxyl groups excluding tert-OH is 1. The van der Waals surface area contributed by atoms with Gasteiger partial charge in [-0.05, 0) is 24.5 Å². The maximum absolute atomic E-state index is 12.2. The lowest BCUT2D eigenvalue weighted by Crippen LogP contribution is -2.48. The normalized spacial score (nSPS) is 26.7. The molecular formula is C18H26N2O3. The summed E-state index contributed by atoms with van der Waals surface area (Å²) in [7, 11) is 0. The number of benzene rings is 1. The highest BCUT2D eigenvalue weighted by Crippen LogP contribution is 2.27. The minimum Gasteiger partial charge on any atom is -0.488 e. The molecule has 0 radical (unpaired) electrons. The van der Waals surface area contributed by atoms with Crippen LogP contribution in [0.4, 0.5) is 4.79 Å². The quantitative estimate of drug-likeness (QED) is 0.746. The third kappa shape index (κ3) is 4.16. The fourth-order valence-electron chi connectivity index (χ4n) is 3.59. The van der Waals surface area contributed by atoms with Gasteiger partial charge < -0.3 is 20.5 Å². The number of ether oxygens (including phenoxy) is 1. The Morgan fingerprint density at radius 1 is 1.22 bits per heavy atom. The molecular weight excluding hydrogens is 292 g/mol. The number of fused-ring (bicyclic) bond motifs is 1. The van der Waals surface area contributed by atoms with E-state index in [1.165, 1.54) is 12.0 Å². The summed E-state index contributed by atoms with van der Waals surface area (Å²) in [5.74, 6) is 1.10. The Bertz CT molecular complexity index is 510. The van der Waals surface area contributed by atoms with E-state index in [0.29, 0.717) is 6.54 Å². The van der Waals surface area contributed by atoms with Crippen LogP contribution in [0.3, 0.4) is 0 Å². The number of aliphatic hydroxyl groups is 1. The molecule has 1 aromatic carbocycles. The van der Waals surface area contributed by atoms with E-state index >= 15 is 0 Å². The molecule has 3 atom stereocenters. The van der Waals surface area contributed by atoms with Crippen molar-refractivity contribution in [3.8, 4) is 5.75 Å². The van der Waals surface area contributed by atoms with Gasteiger partial charge in [0.2, 0.25) is 0 Å². The van der Waals surface area contributed by atoms with Gasteiger partial charge in [-0.15, -0.1) is 0 Å². The standard InChI is InChI=1S/C18H26N2O3/c21-12-14-7-2-1-3-8-16(14)20-18(22)19-11-15-10-13-6-4-5-9-17(13)23-15/h4-6,9,14-16,21H,1-3,7-8,10-12H2,(H2,19,20,22). The van der Waals surface area contributed by atoms with Crippen molar-refractivity contribution in [2.75, 3.05) is 13.2 Å². The lowest BCUT2D eigenvalue weighted by Gasteiger charge is -2.25. The van der Waals surface area contributed by atoms with Gasteiger partial charge in [0.15, 0.2) is 0 Å². The molecule has 0 bridgehead atoms. The molecule has 1 saturated carbocycles. The Morgan fingerprint density at radius 3 is 2.87 bits per heavy atom. The van der Waals surface area contributed by atoms with Crippen molar-refractivity contribution in [3.05, 3.63) is 29.8 Å². The van der Waals surface area contributed by atoms with Crippen LogP contribution < -0.4 is 15.4 Å². The van der Waals surface area contributed by atoms with Crippen molar-refractivity contribution in [1.29, 1.82) is 0 Å². The Morgan fingerprint density at radius 2 is 2.04 bits per heavy atom. The minimum atomic E-state index is -0.157. The largest absolute Gasteiger partial charge is 0.488 e. The number of carbonyl (C=O) groups excluding carboxylic acids is 1. The Kier molecular flexibility index (Phi) is 5.39. The van der Waals surface area contributed by atoms with E-state index in [1.54, 1.807) is 0 Å². The predicted molar refractivity (Wildman–Crippen MR) is 88.5 cm³/mol. The zero-order valence-electron chi connectivity index (χ0n) is 13.5. The van der Waals surface area contributed by atoms with Crippen LogP contribution in [-0.4, -0.2) is 36.4 Å². The number of hydrogen-bond acceptors (Lipinski definition) is 3. The van der Waals surface area contributed by atoms with E-state index in [0.717, 1.165) is 37.9 Å². The van der Waals surface area contributed by atoms with Crippen molar-refractivity contribution in [2.45, 2.75) is 50.7 Å². The first-order chi connectivity index (χ1) is 11.3. The van der Waals surface area contributed by atoms with Crippen molar-refractivity contribution < 1.29 is 14.6 Å². The molecule has 1 heterocycles. The smallest absolute Gasteiger partial charge is 0.315 e. The van der Waals surface area contributed by atoms with E-state index in [2.05, 4.69) is 16.7 Å². The van der Waals surface area contributed by atoms with Gasteiger partial charge in [-0.1, -0.05) is 37.5 Å². The van der Waals surface area contributed by atoms with Crippen LogP contribution in [-0.2, 0) is 6.42 Å². The summed E-state index contributed by atoms with van der Waals surface area (Å²) in [6.45, 7) is 0.642. The van der Waals surface area contributed by atoms with E-state index in [4.69, 9.17) is 4.74 Å². The second kappa shape index (κ2) is 7.68. The third-order valence-electron chi connectivity index (χ3n) is 4.91. The van der Waals surface area contributed by atoms with Crippen LogP contribution in [0.2, 0.25) is 0 Å². The zero-order valence-corrected chi connectivity index (χ0v) is 13.5. The Labute approximate surface area is 137 Å². The molecule has 0 aromatic heterocycles. The van der Waals surface area contributed by atoms with Gasteiger partial charge in [0.1, 0.15) is 11.9 Å². The monoisotopic (exact) mass is 318 g/mol. The molecule has 3 rings (SSSR count). The predicted octanol–water partition coefficient (Wildman–Crippen LogP) is 2.23. The van der Waals surface area contributed by atoms with Gasteiger partial charge >= 0.3 is 6.03 Å². The van der Waals surface area contributed by atoms with E-state index in [-0.39, 0.29) is 30.7 Å². The van der Waals surface area contributed by atoms with Gasteiger partial charge in [0.25, 0.3) is 0 Å². The minimum absolute atomic E-state index is 0.000854. The zero-order chi connectivity index (χ0) is 16.1. The lowest BCUT2D eigenvalue weighted by atomic mass is 9.96. The highest BCUT2D eigenvalue weighted by molar-refractivity contribution is 5.74. The fourth-order valence-corrected chi connectivity index (χ4v) is 3.59. The van der Waals surface area contributed by atoms with Crippen LogP contribution in [0.15, 0.2) is 24.3 Å². The highest BCUT2D eigenvalue weighted by atomic mass is 16.5. The maximum atomic E-state index is 12.2. The molecule has 0 spiro atoms. The molecule has 5 heteroatoms. The first-order valence-electron chi connectivity index (χ1n) is 8.66. The number of rotatable bonds is 4. The van der Waals surface area contributed by atoms with Crippen LogP contribution in [0, 0.1) is 5.92 Å². The first kappa shape index (κ1) is 16.1. The second-order valence-corrected chi connectivity index (χ2v) is 6.59. The van der Waals surface area contributed by atoms with Crippen molar-refractivity contribution in [2.24, 2.45) is 5.92 Å². The molecule has 1 aliphatic carbocycles. The van der Waals surface area contributed by atoms with Gasteiger partial charge in [-0.3, -0.25) is 0 Å². The molecule has 2 amide bonds. The molecule has 3 N–H and O–H groups in total. The van der Waals surface area contributed by atoms with Gasteiger partial charge in [-0.2, -0.15) is 0 Å². The summed E-state index contributed by atoms with van der Waals surface area (Å²) in [5, 5.41) is 15.5. The van der Waals surface area contributed by atoms with Crippen LogP contribution in [0.1, 0.15) is 37.7 Å².